The molecule has 1 atom stereocenters. The Balaban J connectivity index is 1.61. The van der Waals surface area contributed by atoms with Gasteiger partial charge in [0.15, 0.2) is 0 Å². The number of nitrogens with zero attached hydrogens (tertiary/aromatic N) is 2. The van der Waals surface area contributed by atoms with E-state index in [-0.39, 0.29) is 19.1 Å². The zero-order chi connectivity index (χ0) is 19.8. The van der Waals surface area contributed by atoms with Crippen LogP contribution < -0.4 is 10.1 Å². The number of urea groups is 1. The second-order valence-corrected chi connectivity index (χ2v) is 7.85. The summed E-state index contributed by atoms with van der Waals surface area (Å²) in [5, 5.41) is 13.2. The summed E-state index contributed by atoms with van der Waals surface area (Å²) in [7, 11) is 2.00. The van der Waals surface area contributed by atoms with E-state index in [1.54, 1.807) is 0 Å². The van der Waals surface area contributed by atoms with Gasteiger partial charge in [0.1, 0.15) is 24.0 Å². The summed E-state index contributed by atoms with van der Waals surface area (Å²) < 4.78 is 5.82. The first-order valence-corrected chi connectivity index (χ1v) is 9.44. The molecule has 0 radical (unpaired) electrons. The zero-order valence-corrected chi connectivity index (χ0v) is 16.5. The fourth-order valence-electron chi connectivity index (χ4n) is 3.77. The largest absolute Gasteiger partial charge is 0.490 e. The number of carbonyl (C=O) groups is 2. The Bertz CT molecular complexity index is 741. The van der Waals surface area contributed by atoms with Crippen molar-refractivity contribution in [1.29, 1.82) is 0 Å². The second kappa shape index (κ2) is 7.48. The monoisotopic (exact) mass is 375 g/mol. The standard InChI is InChI=1S/C20H29N3O4/c1-13-5-6-14(2)17(15(13)3)27-12-16(24)11-23-18(25)20(21-19(23)26)7-9-22(4)10-8-20/h5-6,16,24H,7-12H2,1-4H3,(H,21,26)/t16-/m1/s1. The van der Waals surface area contributed by atoms with Crippen molar-refractivity contribution >= 4 is 11.9 Å². The maximum atomic E-state index is 12.8. The van der Waals surface area contributed by atoms with E-state index in [4.69, 9.17) is 4.74 Å². The minimum Gasteiger partial charge on any atom is -0.490 e. The van der Waals surface area contributed by atoms with Crippen molar-refractivity contribution in [2.45, 2.75) is 45.3 Å². The lowest BCUT2D eigenvalue weighted by molar-refractivity contribution is -0.134. The molecule has 2 heterocycles. The quantitative estimate of drug-likeness (QED) is 0.760. The van der Waals surface area contributed by atoms with Crippen molar-refractivity contribution in [3.63, 3.8) is 0 Å². The summed E-state index contributed by atoms with van der Waals surface area (Å²) in [5.74, 6) is 0.514. The molecule has 2 aliphatic rings. The molecule has 148 valence electrons. The Hall–Kier alpha value is -2.12. The highest BCUT2D eigenvalue weighted by Gasteiger charge is 2.52. The van der Waals surface area contributed by atoms with Gasteiger partial charge in [-0.05, 0) is 57.4 Å². The molecule has 0 aliphatic carbocycles. The SMILES string of the molecule is Cc1ccc(C)c(OC[C@H](O)CN2C(=O)NC3(CCN(C)CC3)C2=O)c1C. The van der Waals surface area contributed by atoms with Gasteiger partial charge >= 0.3 is 6.03 Å². The Morgan fingerprint density at radius 3 is 2.48 bits per heavy atom. The highest BCUT2D eigenvalue weighted by atomic mass is 16.5. The lowest BCUT2D eigenvalue weighted by atomic mass is 9.87. The molecule has 2 aliphatic heterocycles. The molecule has 7 nitrogen and oxygen atoms in total. The van der Waals surface area contributed by atoms with Crippen molar-refractivity contribution in [2.24, 2.45) is 0 Å². The lowest BCUT2D eigenvalue weighted by Crippen LogP contribution is -2.54. The molecule has 0 saturated carbocycles. The van der Waals surface area contributed by atoms with E-state index < -0.39 is 17.7 Å². The number of hydrogen-bond acceptors (Lipinski definition) is 5. The Kier molecular flexibility index (Phi) is 5.44. The van der Waals surface area contributed by atoms with Crippen LogP contribution in [-0.4, -0.2) is 71.8 Å². The van der Waals surface area contributed by atoms with Gasteiger partial charge in [0.25, 0.3) is 5.91 Å². The summed E-state index contributed by atoms with van der Waals surface area (Å²) in [6.07, 6.45) is 0.248. The summed E-state index contributed by atoms with van der Waals surface area (Å²) in [4.78, 5) is 28.4. The van der Waals surface area contributed by atoms with Gasteiger partial charge < -0.3 is 20.1 Å². The minimum absolute atomic E-state index is 0.0257. The molecule has 3 amide bonds. The van der Waals surface area contributed by atoms with Crippen LogP contribution in [0.15, 0.2) is 12.1 Å². The predicted molar refractivity (Wildman–Crippen MR) is 102 cm³/mol. The van der Waals surface area contributed by atoms with E-state index in [1.807, 2.05) is 40.0 Å². The van der Waals surface area contributed by atoms with Crippen LogP contribution in [0.2, 0.25) is 0 Å². The van der Waals surface area contributed by atoms with Gasteiger partial charge in [0.05, 0.1) is 6.54 Å². The van der Waals surface area contributed by atoms with Crippen molar-refractivity contribution in [3.8, 4) is 5.75 Å². The van der Waals surface area contributed by atoms with Gasteiger partial charge in [0, 0.05) is 13.1 Å². The van der Waals surface area contributed by atoms with E-state index in [2.05, 4.69) is 10.2 Å². The van der Waals surface area contributed by atoms with Crippen LogP contribution in [-0.2, 0) is 4.79 Å². The van der Waals surface area contributed by atoms with Gasteiger partial charge in [0.2, 0.25) is 0 Å². The van der Waals surface area contributed by atoms with Crippen LogP contribution in [0.3, 0.4) is 0 Å². The van der Waals surface area contributed by atoms with Gasteiger partial charge in [-0.1, -0.05) is 12.1 Å². The maximum absolute atomic E-state index is 12.8. The predicted octanol–water partition coefficient (Wildman–Crippen LogP) is 1.37. The Morgan fingerprint density at radius 2 is 1.81 bits per heavy atom. The number of β-amino-alcohol motifs (C(OH)–C–C–N with tert-alkyl or cyclic N) is 1. The average molecular weight is 375 g/mol. The number of piperidine rings is 1. The molecule has 1 spiro atoms. The van der Waals surface area contributed by atoms with E-state index in [0.717, 1.165) is 40.4 Å². The number of aliphatic hydroxyl groups excluding tert-OH is 1. The smallest absolute Gasteiger partial charge is 0.325 e. The van der Waals surface area contributed by atoms with Gasteiger partial charge in [-0.15, -0.1) is 0 Å². The molecule has 0 bridgehead atoms. The number of nitrogens with one attached hydrogen (secondary N) is 1. The van der Waals surface area contributed by atoms with E-state index in [0.29, 0.717) is 12.8 Å². The number of aliphatic hydroxyl groups is 1. The number of likely N-dealkylation sites (tertiary alicyclic amines) is 1. The first-order valence-electron chi connectivity index (χ1n) is 9.44. The van der Waals surface area contributed by atoms with Crippen molar-refractivity contribution in [2.75, 3.05) is 33.3 Å². The number of imide groups is 1. The number of ether oxygens (including phenoxy) is 1. The van der Waals surface area contributed by atoms with Crippen LogP contribution in [0.25, 0.3) is 0 Å². The van der Waals surface area contributed by atoms with E-state index in [1.165, 1.54) is 0 Å². The fraction of sp³-hybridized carbons (Fsp3) is 0.600. The molecule has 27 heavy (non-hydrogen) atoms. The van der Waals surface area contributed by atoms with Crippen LogP contribution in [0.5, 0.6) is 5.75 Å². The lowest BCUT2D eigenvalue weighted by Gasteiger charge is -2.35. The van der Waals surface area contributed by atoms with E-state index >= 15 is 0 Å². The number of aryl methyl sites for hydroxylation is 2. The molecule has 1 aromatic rings. The molecular weight excluding hydrogens is 346 g/mol. The number of carbonyl (C=O) groups excluding carboxylic acids is 2. The molecule has 2 saturated heterocycles. The van der Waals surface area contributed by atoms with Crippen LogP contribution in [0.1, 0.15) is 29.5 Å². The molecule has 0 aromatic heterocycles. The Morgan fingerprint density at radius 1 is 1.19 bits per heavy atom. The summed E-state index contributed by atoms with van der Waals surface area (Å²) in [6, 6.07) is 3.58. The number of benzene rings is 1. The number of hydrogen-bond donors (Lipinski definition) is 2. The Labute approximate surface area is 160 Å². The van der Waals surface area contributed by atoms with E-state index in [9.17, 15) is 14.7 Å². The summed E-state index contributed by atoms with van der Waals surface area (Å²) >= 11 is 0. The van der Waals surface area contributed by atoms with Gasteiger partial charge in [-0.3, -0.25) is 9.69 Å². The highest BCUT2D eigenvalue weighted by molar-refractivity contribution is 6.07. The van der Waals surface area contributed by atoms with Crippen LogP contribution >= 0.6 is 0 Å². The first-order chi connectivity index (χ1) is 12.7. The summed E-state index contributed by atoms with van der Waals surface area (Å²) in [6.45, 7) is 7.42. The van der Waals surface area contributed by atoms with Crippen LogP contribution in [0.4, 0.5) is 4.79 Å². The molecule has 1 aromatic carbocycles. The minimum atomic E-state index is -0.944. The normalized spacial score (nSPS) is 20.9. The third-order valence-electron chi connectivity index (χ3n) is 5.77. The van der Waals surface area contributed by atoms with Crippen molar-refractivity contribution < 1.29 is 19.4 Å². The van der Waals surface area contributed by atoms with Gasteiger partial charge in [-0.25, -0.2) is 4.79 Å². The van der Waals surface area contributed by atoms with Crippen molar-refractivity contribution in [1.82, 2.24) is 15.1 Å². The summed E-state index contributed by atoms with van der Waals surface area (Å²) in [5.41, 5.74) is 2.32. The molecule has 2 N–H and O–H groups in total. The average Bonchev–Trinajstić information content (AvgIpc) is 2.85. The zero-order valence-electron chi connectivity index (χ0n) is 16.5. The third-order valence-corrected chi connectivity index (χ3v) is 5.77. The highest BCUT2D eigenvalue weighted by Crippen LogP contribution is 2.29. The molecule has 3 rings (SSSR count). The van der Waals surface area contributed by atoms with Crippen molar-refractivity contribution in [3.05, 3.63) is 28.8 Å². The van der Waals surface area contributed by atoms with Gasteiger partial charge in [-0.2, -0.15) is 0 Å². The number of rotatable bonds is 5. The van der Waals surface area contributed by atoms with Crippen LogP contribution in [0, 0.1) is 20.8 Å². The first kappa shape index (κ1) is 19.6. The molecular formula is C20H29N3O4. The maximum Gasteiger partial charge on any atom is 0.325 e. The molecule has 7 heteroatoms. The third kappa shape index (κ3) is 3.80. The number of amides is 3. The molecule has 0 unspecified atom stereocenters. The fourth-order valence-corrected chi connectivity index (χ4v) is 3.77. The molecule has 2 fully saturated rings. The second-order valence-electron chi connectivity index (χ2n) is 7.85. The topological polar surface area (TPSA) is 82.1 Å².